The molecular weight excluding hydrogens is 292 g/mol. The number of rotatable bonds is 6. The number of methoxy groups -OCH3 is 3. The molecule has 0 bridgehead atoms. The molecule has 0 spiro atoms. The molecule has 6 nitrogen and oxygen atoms in total. The van der Waals surface area contributed by atoms with Crippen LogP contribution in [0.5, 0.6) is 0 Å². The van der Waals surface area contributed by atoms with Gasteiger partial charge in [0.2, 0.25) is 5.79 Å². The smallest absolute Gasteiger partial charge is 0.347 e. The fourth-order valence-electron chi connectivity index (χ4n) is 2.75. The molecule has 1 heterocycles. The SMILES string of the molecule is COC(C[SiH3])C(OC)(OC)c1cccc2c1C(=O)OC2=O. The first-order valence-electron chi connectivity index (χ1n) is 6.58. The minimum Gasteiger partial charge on any atom is -0.386 e. The molecule has 0 N–H and O–H groups in total. The molecule has 0 fully saturated rings. The van der Waals surface area contributed by atoms with Crippen molar-refractivity contribution < 1.29 is 28.5 Å². The molecule has 1 aliphatic rings. The largest absolute Gasteiger partial charge is 0.386 e. The Balaban J connectivity index is 2.68. The molecule has 0 aromatic heterocycles. The van der Waals surface area contributed by atoms with Crippen LogP contribution in [0.2, 0.25) is 6.04 Å². The topological polar surface area (TPSA) is 71.1 Å². The summed E-state index contributed by atoms with van der Waals surface area (Å²) in [6.07, 6.45) is -0.394. The van der Waals surface area contributed by atoms with Crippen molar-refractivity contribution in [2.75, 3.05) is 21.3 Å². The summed E-state index contributed by atoms with van der Waals surface area (Å²) in [7, 11) is 5.38. The fourth-order valence-corrected chi connectivity index (χ4v) is 3.62. The lowest BCUT2D eigenvalue weighted by atomic mass is 9.92. The molecule has 1 aromatic rings. The number of benzene rings is 1. The van der Waals surface area contributed by atoms with E-state index in [1.165, 1.54) is 14.2 Å². The van der Waals surface area contributed by atoms with Crippen LogP contribution in [0.4, 0.5) is 0 Å². The Hall–Kier alpha value is -1.54. The minimum atomic E-state index is -1.26. The molecule has 0 amide bonds. The maximum Gasteiger partial charge on any atom is 0.347 e. The predicted octanol–water partition coefficient (Wildman–Crippen LogP) is 0.242. The number of ether oxygens (including phenoxy) is 4. The van der Waals surface area contributed by atoms with E-state index in [-0.39, 0.29) is 11.1 Å². The number of carbonyl (C=O) groups excluding carboxylic acids is 2. The molecule has 0 aliphatic carbocycles. The molecule has 114 valence electrons. The zero-order valence-corrected chi connectivity index (χ0v) is 14.5. The van der Waals surface area contributed by atoms with E-state index in [0.717, 1.165) is 16.3 Å². The Morgan fingerprint density at radius 1 is 1.19 bits per heavy atom. The van der Waals surface area contributed by atoms with Gasteiger partial charge in [0.25, 0.3) is 0 Å². The highest BCUT2D eigenvalue weighted by atomic mass is 28.1. The third-order valence-electron chi connectivity index (χ3n) is 3.73. The van der Waals surface area contributed by atoms with Gasteiger partial charge < -0.3 is 18.9 Å². The third kappa shape index (κ3) is 2.32. The van der Waals surface area contributed by atoms with Gasteiger partial charge in [0, 0.05) is 37.1 Å². The molecule has 1 aliphatic heterocycles. The zero-order chi connectivity index (χ0) is 15.6. The van der Waals surface area contributed by atoms with Crippen LogP contribution >= 0.6 is 0 Å². The molecule has 2 rings (SSSR count). The van der Waals surface area contributed by atoms with E-state index in [4.69, 9.17) is 14.2 Å². The number of cyclic esters (lactones) is 2. The molecule has 0 radical (unpaired) electrons. The Labute approximate surface area is 125 Å². The van der Waals surface area contributed by atoms with Gasteiger partial charge in [-0.05, 0) is 12.1 Å². The second-order valence-electron chi connectivity index (χ2n) is 4.61. The lowest BCUT2D eigenvalue weighted by Gasteiger charge is -2.37. The summed E-state index contributed by atoms with van der Waals surface area (Å²) in [5, 5.41) is 0. The maximum absolute atomic E-state index is 12.0. The highest BCUT2D eigenvalue weighted by molar-refractivity contribution is 6.15. The Morgan fingerprint density at radius 2 is 1.86 bits per heavy atom. The lowest BCUT2D eigenvalue weighted by molar-refractivity contribution is -0.269. The van der Waals surface area contributed by atoms with E-state index in [1.807, 2.05) is 0 Å². The van der Waals surface area contributed by atoms with E-state index in [0.29, 0.717) is 5.56 Å². The number of esters is 2. The Kier molecular flexibility index (Phi) is 4.57. The van der Waals surface area contributed by atoms with E-state index < -0.39 is 23.8 Å². The number of hydrogen-bond donors (Lipinski definition) is 0. The van der Waals surface area contributed by atoms with Crippen molar-refractivity contribution in [3.63, 3.8) is 0 Å². The first-order valence-corrected chi connectivity index (χ1v) is 8.00. The third-order valence-corrected chi connectivity index (χ3v) is 4.48. The fraction of sp³-hybridized carbons (Fsp3) is 0.429. The van der Waals surface area contributed by atoms with Crippen molar-refractivity contribution in [3.8, 4) is 0 Å². The van der Waals surface area contributed by atoms with Gasteiger partial charge >= 0.3 is 11.9 Å². The van der Waals surface area contributed by atoms with Gasteiger partial charge in [-0.25, -0.2) is 9.59 Å². The highest BCUT2D eigenvalue weighted by Crippen LogP contribution is 2.38. The molecule has 1 aromatic carbocycles. The van der Waals surface area contributed by atoms with Crippen molar-refractivity contribution in [2.24, 2.45) is 0 Å². The minimum absolute atomic E-state index is 0.184. The summed E-state index contributed by atoms with van der Waals surface area (Å²) >= 11 is 0. The average molecular weight is 310 g/mol. The van der Waals surface area contributed by atoms with Gasteiger partial charge in [-0.3, -0.25) is 0 Å². The molecular formula is C14H18O6Si. The van der Waals surface area contributed by atoms with Gasteiger partial charge in [-0.2, -0.15) is 0 Å². The van der Waals surface area contributed by atoms with Crippen molar-refractivity contribution in [3.05, 3.63) is 34.9 Å². The van der Waals surface area contributed by atoms with Crippen LogP contribution in [0.15, 0.2) is 18.2 Å². The first kappa shape index (κ1) is 15.8. The second-order valence-corrected chi connectivity index (χ2v) is 5.43. The zero-order valence-electron chi connectivity index (χ0n) is 12.5. The van der Waals surface area contributed by atoms with Crippen LogP contribution in [0, 0.1) is 0 Å². The van der Waals surface area contributed by atoms with E-state index >= 15 is 0 Å². The van der Waals surface area contributed by atoms with E-state index in [2.05, 4.69) is 4.74 Å². The molecule has 0 saturated heterocycles. The van der Waals surface area contributed by atoms with Gasteiger partial charge in [-0.1, -0.05) is 12.1 Å². The number of carbonyl (C=O) groups is 2. The Morgan fingerprint density at radius 3 is 2.38 bits per heavy atom. The maximum atomic E-state index is 12.0. The number of hydrogen-bond acceptors (Lipinski definition) is 6. The summed E-state index contributed by atoms with van der Waals surface area (Å²) in [6, 6.07) is 5.63. The van der Waals surface area contributed by atoms with Crippen molar-refractivity contribution in [1.29, 1.82) is 0 Å². The lowest BCUT2D eigenvalue weighted by Crippen LogP contribution is -2.45. The summed E-state index contributed by atoms with van der Waals surface area (Å²) in [5.41, 5.74) is 0.853. The van der Waals surface area contributed by atoms with Crippen LogP contribution in [0.3, 0.4) is 0 Å². The summed E-state index contributed by atoms with van der Waals surface area (Å²) in [5.74, 6) is -2.60. The van der Waals surface area contributed by atoms with Crippen molar-refractivity contribution in [1.82, 2.24) is 0 Å². The van der Waals surface area contributed by atoms with Gasteiger partial charge in [0.05, 0.1) is 11.1 Å². The number of fused-ring (bicyclic) bond motifs is 1. The monoisotopic (exact) mass is 310 g/mol. The van der Waals surface area contributed by atoms with Crippen LogP contribution in [-0.4, -0.2) is 49.6 Å². The highest BCUT2D eigenvalue weighted by Gasteiger charge is 2.46. The van der Waals surface area contributed by atoms with Gasteiger partial charge in [0.1, 0.15) is 6.10 Å². The van der Waals surface area contributed by atoms with E-state index in [9.17, 15) is 9.59 Å². The molecule has 21 heavy (non-hydrogen) atoms. The van der Waals surface area contributed by atoms with Crippen LogP contribution < -0.4 is 0 Å². The molecule has 0 saturated carbocycles. The summed E-state index contributed by atoms with van der Waals surface area (Å²) in [4.78, 5) is 23.7. The normalized spacial score (nSPS) is 16.0. The first-order chi connectivity index (χ1) is 10.1. The quantitative estimate of drug-likeness (QED) is 0.324. The van der Waals surface area contributed by atoms with Crippen LogP contribution in [0.1, 0.15) is 26.3 Å². The molecule has 1 unspecified atom stereocenters. The van der Waals surface area contributed by atoms with Crippen LogP contribution in [0.25, 0.3) is 0 Å². The van der Waals surface area contributed by atoms with Gasteiger partial charge in [0.15, 0.2) is 0 Å². The predicted molar refractivity (Wildman–Crippen MR) is 77.4 cm³/mol. The average Bonchev–Trinajstić information content (AvgIpc) is 2.80. The van der Waals surface area contributed by atoms with E-state index in [1.54, 1.807) is 25.3 Å². The summed E-state index contributed by atoms with van der Waals surface area (Å²) in [6.45, 7) is 0. The van der Waals surface area contributed by atoms with Crippen molar-refractivity contribution >= 4 is 22.2 Å². The molecule has 7 heteroatoms. The Bertz CT molecular complexity index is 563. The second kappa shape index (κ2) is 6.06. The van der Waals surface area contributed by atoms with Crippen LogP contribution in [-0.2, 0) is 24.7 Å². The summed E-state index contributed by atoms with van der Waals surface area (Å²) < 4.78 is 21.3. The van der Waals surface area contributed by atoms with Crippen molar-refractivity contribution in [2.45, 2.75) is 17.9 Å². The standard InChI is InChI=1S/C14H18O6Si/c1-17-10(7-21)14(18-2,19-3)9-6-4-5-8-11(9)13(16)20-12(8)15/h4-6,10H,7H2,1-3,21H3. The van der Waals surface area contributed by atoms with Gasteiger partial charge in [-0.15, -0.1) is 0 Å². The molecule has 1 atom stereocenters.